The molecule has 1 unspecified atom stereocenters. The molecule has 2 rings (SSSR count). The summed E-state index contributed by atoms with van der Waals surface area (Å²) in [5.41, 5.74) is 1.48. The van der Waals surface area contributed by atoms with Crippen molar-refractivity contribution in [2.24, 2.45) is 0 Å². The molecule has 16 heavy (non-hydrogen) atoms. The summed E-state index contributed by atoms with van der Waals surface area (Å²) in [5.74, 6) is -0.537. The van der Waals surface area contributed by atoms with Crippen LogP contribution >= 0.6 is 0 Å². The molecule has 84 valence electrons. The Labute approximate surface area is 93.7 Å². The van der Waals surface area contributed by atoms with Gasteiger partial charge in [-0.3, -0.25) is 0 Å². The molecule has 0 aromatic heterocycles. The minimum atomic E-state index is -0.276. The number of hydrogen-bond acceptors (Lipinski definition) is 2. The van der Waals surface area contributed by atoms with Gasteiger partial charge in [-0.2, -0.15) is 0 Å². The van der Waals surface area contributed by atoms with Crippen LogP contribution in [-0.2, 0) is 9.53 Å². The number of rotatable bonds is 1. The Kier molecular flexibility index (Phi) is 3.04. The molecule has 1 fully saturated rings. The van der Waals surface area contributed by atoms with Crippen LogP contribution in [0.3, 0.4) is 0 Å². The molecule has 1 atom stereocenters. The van der Waals surface area contributed by atoms with Gasteiger partial charge in [0.05, 0.1) is 6.10 Å². The lowest BCUT2D eigenvalue weighted by molar-refractivity contribution is -0.146. The van der Waals surface area contributed by atoms with Gasteiger partial charge < -0.3 is 4.74 Å². The van der Waals surface area contributed by atoms with Crippen LogP contribution in [-0.4, -0.2) is 12.1 Å². The van der Waals surface area contributed by atoms with Crippen LogP contribution in [0.5, 0.6) is 0 Å². The van der Waals surface area contributed by atoms with E-state index in [0.717, 1.165) is 18.4 Å². The average Bonchev–Trinajstić information content (AvgIpc) is 2.25. The molecule has 0 N–H and O–H groups in total. The van der Waals surface area contributed by atoms with Crippen LogP contribution in [0.15, 0.2) is 29.8 Å². The highest BCUT2D eigenvalue weighted by atomic mass is 19.1. The zero-order valence-corrected chi connectivity index (χ0v) is 9.07. The van der Waals surface area contributed by atoms with Crippen LogP contribution in [0.2, 0.25) is 0 Å². The fourth-order valence-corrected chi connectivity index (χ4v) is 1.67. The number of ether oxygens (including phenoxy) is 1. The van der Waals surface area contributed by atoms with Gasteiger partial charge in [-0.25, -0.2) is 9.18 Å². The van der Waals surface area contributed by atoms with Gasteiger partial charge in [0.25, 0.3) is 0 Å². The number of esters is 1. The zero-order chi connectivity index (χ0) is 11.5. The van der Waals surface area contributed by atoms with Crippen molar-refractivity contribution in [1.82, 2.24) is 0 Å². The van der Waals surface area contributed by atoms with Gasteiger partial charge in [0, 0.05) is 5.57 Å². The monoisotopic (exact) mass is 220 g/mol. The molecule has 3 heteroatoms. The Balaban J connectivity index is 2.18. The van der Waals surface area contributed by atoms with Gasteiger partial charge in [0.2, 0.25) is 0 Å². The zero-order valence-electron chi connectivity index (χ0n) is 9.07. The van der Waals surface area contributed by atoms with Gasteiger partial charge in [0.15, 0.2) is 0 Å². The van der Waals surface area contributed by atoms with Crippen LogP contribution in [0, 0.1) is 5.82 Å². The van der Waals surface area contributed by atoms with Gasteiger partial charge in [-0.05, 0) is 43.5 Å². The normalized spacial score (nSPS) is 23.2. The summed E-state index contributed by atoms with van der Waals surface area (Å²) in [5, 5.41) is 0. The van der Waals surface area contributed by atoms with E-state index in [4.69, 9.17) is 4.74 Å². The quantitative estimate of drug-likeness (QED) is 0.537. The molecular formula is C13H13FO2. The Morgan fingerprint density at radius 1 is 1.38 bits per heavy atom. The summed E-state index contributed by atoms with van der Waals surface area (Å²) in [6.45, 7) is 1.88. The first kappa shape index (κ1) is 10.9. The Bertz CT molecular complexity index is 420. The third-order valence-electron chi connectivity index (χ3n) is 2.60. The van der Waals surface area contributed by atoms with Crippen LogP contribution in [0.4, 0.5) is 4.39 Å². The lowest BCUT2D eigenvalue weighted by atomic mass is 10.0. The van der Waals surface area contributed by atoms with Gasteiger partial charge in [-0.1, -0.05) is 12.1 Å². The number of carbonyl (C=O) groups excluding carboxylic acids is 1. The van der Waals surface area contributed by atoms with Crippen LogP contribution in [0.1, 0.15) is 25.3 Å². The van der Waals surface area contributed by atoms with Crippen molar-refractivity contribution >= 4 is 12.0 Å². The SMILES string of the molecule is CC1CC/C(=C\c2ccc(F)cc2)C(=O)O1. The van der Waals surface area contributed by atoms with Gasteiger partial charge in [-0.15, -0.1) is 0 Å². The molecule has 0 aliphatic carbocycles. The van der Waals surface area contributed by atoms with E-state index in [1.807, 2.05) is 6.92 Å². The second-order valence-electron chi connectivity index (χ2n) is 3.98. The fourth-order valence-electron chi connectivity index (χ4n) is 1.67. The molecule has 1 aromatic rings. The highest BCUT2D eigenvalue weighted by molar-refractivity contribution is 5.94. The second kappa shape index (κ2) is 4.47. The number of cyclic esters (lactones) is 1. The minimum absolute atomic E-state index is 0.00197. The molecule has 0 amide bonds. The number of benzene rings is 1. The lowest BCUT2D eigenvalue weighted by Crippen LogP contribution is -2.22. The topological polar surface area (TPSA) is 26.3 Å². The van der Waals surface area contributed by atoms with E-state index in [9.17, 15) is 9.18 Å². The standard InChI is InChI=1S/C13H13FO2/c1-9-2-5-11(13(15)16-9)8-10-3-6-12(14)7-4-10/h3-4,6-9H,2,5H2,1H3/b11-8+. The average molecular weight is 220 g/mol. The highest BCUT2D eigenvalue weighted by Crippen LogP contribution is 2.21. The summed E-state index contributed by atoms with van der Waals surface area (Å²) >= 11 is 0. The second-order valence-corrected chi connectivity index (χ2v) is 3.98. The molecular weight excluding hydrogens is 207 g/mol. The number of carbonyl (C=O) groups is 1. The molecule has 0 bridgehead atoms. The summed E-state index contributed by atoms with van der Waals surface area (Å²) in [7, 11) is 0. The highest BCUT2D eigenvalue weighted by Gasteiger charge is 2.21. The summed E-state index contributed by atoms with van der Waals surface area (Å²) < 4.78 is 17.8. The third kappa shape index (κ3) is 2.48. The van der Waals surface area contributed by atoms with E-state index in [-0.39, 0.29) is 17.9 Å². The number of halogens is 1. The molecule has 0 saturated carbocycles. The maximum Gasteiger partial charge on any atom is 0.334 e. The first-order valence-electron chi connectivity index (χ1n) is 5.32. The van der Waals surface area contributed by atoms with Crippen molar-refractivity contribution in [3.8, 4) is 0 Å². The van der Waals surface area contributed by atoms with Gasteiger partial charge >= 0.3 is 5.97 Å². The lowest BCUT2D eigenvalue weighted by Gasteiger charge is -2.20. The minimum Gasteiger partial charge on any atom is -0.459 e. The smallest absolute Gasteiger partial charge is 0.334 e. The van der Waals surface area contributed by atoms with E-state index in [2.05, 4.69) is 0 Å². The maximum atomic E-state index is 12.7. The third-order valence-corrected chi connectivity index (χ3v) is 2.60. The Morgan fingerprint density at radius 2 is 2.06 bits per heavy atom. The largest absolute Gasteiger partial charge is 0.459 e. The van der Waals surface area contributed by atoms with E-state index in [1.165, 1.54) is 12.1 Å². The Hall–Kier alpha value is -1.64. The molecule has 0 spiro atoms. The molecule has 1 aliphatic rings. The van der Waals surface area contributed by atoms with Crippen molar-refractivity contribution < 1.29 is 13.9 Å². The first-order chi connectivity index (χ1) is 7.65. The van der Waals surface area contributed by atoms with Crippen LogP contribution in [0.25, 0.3) is 6.08 Å². The van der Waals surface area contributed by atoms with Crippen molar-refractivity contribution in [2.75, 3.05) is 0 Å². The van der Waals surface area contributed by atoms with Crippen molar-refractivity contribution in [2.45, 2.75) is 25.9 Å². The predicted octanol–water partition coefficient (Wildman–Crippen LogP) is 2.93. The molecule has 1 aromatic carbocycles. The predicted molar refractivity (Wildman–Crippen MR) is 59.2 cm³/mol. The van der Waals surface area contributed by atoms with Crippen LogP contribution < -0.4 is 0 Å². The molecule has 1 heterocycles. The molecule has 0 radical (unpaired) electrons. The molecule has 1 saturated heterocycles. The fraction of sp³-hybridized carbons (Fsp3) is 0.308. The van der Waals surface area contributed by atoms with E-state index in [1.54, 1.807) is 18.2 Å². The Morgan fingerprint density at radius 3 is 2.69 bits per heavy atom. The van der Waals surface area contributed by atoms with Crippen molar-refractivity contribution in [1.29, 1.82) is 0 Å². The molecule has 1 aliphatic heterocycles. The number of hydrogen-bond donors (Lipinski definition) is 0. The van der Waals surface area contributed by atoms with Crippen molar-refractivity contribution in [3.63, 3.8) is 0 Å². The van der Waals surface area contributed by atoms with Crippen molar-refractivity contribution in [3.05, 3.63) is 41.2 Å². The maximum absolute atomic E-state index is 12.7. The summed E-state index contributed by atoms with van der Waals surface area (Å²) in [4.78, 5) is 11.5. The molecule has 2 nitrogen and oxygen atoms in total. The van der Waals surface area contributed by atoms with E-state index >= 15 is 0 Å². The summed E-state index contributed by atoms with van der Waals surface area (Å²) in [6, 6.07) is 6.05. The summed E-state index contributed by atoms with van der Waals surface area (Å²) in [6.07, 6.45) is 3.32. The van der Waals surface area contributed by atoms with E-state index < -0.39 is 0 Å². The van der Waals surface area contributed by atoms with Gasteiger partial charge in [0.1, 0.15) is 5.82 Å². The first-order valence-corrected chi connectivity index (χ1v) is 5.32. The van der Waals surface area contributed by atoms with E-state index in [0.29, 0.717) is 5.57 Å².